The predicted octanol–water partition coefficient (Wildman–Crippen LogP) is 4.46. The number of amides is 1. The lowest BCUT2D eigenvalue weighted by Gasteiger charge is -2.35. The Balaban J connectivity index is 1.47. The van der Waals surface area contributed by atoms with Gasteiger partial charge in [-0.1, -0.05) is 36.1 Å². The Hall–Kier alpha value is -3.79. The summed E-state index contributed by atoms with van der Waals surface area (Å²) in [7, 11) is 0. The second-order valence-electron chi connectivity index (χ2n) is 7.34. The monoisotopic (exact) mass is 435 g/mol. The summed E-state index contributed by atoms with van der Waals surface area (Å²) in [4.78, 5) is 21.2. The Kier molecular flexibility index (Phi) is 6.13. The van der Waals surface area contributed by atoms with Crippen LogP contribution in [0.3, 0.4) is 0 Å². The first-order chi connectivity index (χ1) is 15.4. The topological polar surface area (TPSA) is 36.4 Å². The molecule has 0 N–H and O–H groups in total. The summed E-state index contributed by atoms with van der Waals surface area (Å²) < 4.78 is 39.5. The zero-order valence-corrected chi connectivity index (χ0v) is 17.1. The number of carbonyl (C=O) groups is 1. The van der Waals surface area contributed by atoms with Gasteiger partial charge in [0.25, 0.3) is 5.91 Å². The van der Waals surface area contributed by atoms with Crippen LogP contribution in [0.1, 0.15) is 27.0 Å². The van der Waals surface area contributed by atoms with Gasteiger partial charge in [-0.05, 0) is 42.5 Å². The Morgan fingerprint density at radius 3 is 2.34 bits per heavy atom. The number of hydrogen-bond acceptors (Lipinski definition) is 3. The zero-order chi connectivity index (χ0) is 22.6. The van der Waals surface area contributed by atoms with Gasteiger partial charge in [0.15, 0.2) is 0 Å². The molecule has 1 aliphatic heterocycles. The minimum Gasteiger partial charge on any atom is -0.353 e. The molecular weight excluding hydrogens is 415 g/mol. The molecule has 32 heavy (non-hydrogen) atoms. The molecule has 2 aromatic carbocycles. The van der Waals surface area contributed by atoms with Crippen LogP contribution >= 0.6 is 0 Å². The van der Waals surface area contributed by atoms with Gasteiger partial charge in [0, 0.05) is 49.1 Å². The number of aromatic nitrogens is 1. The second-order valence-corrected chi connectivity index (χ2v) is 7.34. The number of nitrogens with zero attached hydrogens (tertiary/aromatic N) is 3. The first-order valence-electron chi connectivity index (χ1n) is 10.2. The van der Waals surface area contributed by atoms with Gasteiger partial charge in [-0.3, -0.25) is 4.79 Å². The fraction of sp³-hybridized carbons (Fsp3) is 0.200. The molecule has 7 heteroatoms. The third-order valence-electron chi connectivity index (χ3n) is 5.22. The van der Waals surface area contributed by atoms with Crippen molar-refractivity contribution in [3.63, 3.8) is 0 Å². The van der Waals surface area contributed by atoms with Gasteiger partial charge in [-0.2, -0.15) is 13.2 Å². The van der Waals surface area contributed by atoms with Crippen molar-refractivity contribution in [1.82, 2.24) is 9.88 Å². The molecule has 0 spiro atoms. The van der Waals surface area contributed by atoms with Crippen LogP contribution in [0.2, 0.25) is 0 Å². The van der Waals surface area contributed by atoms with Crippen molar-refractivity contribution in [2.45, 2.75) is 6.18 Å². The summed E-state index contributed by atoms with van der Waals surface area (Å²) in [6.45, 7) is 2.47. The summed E-state index contributed by atoms with van der Waals surface area (Å²) in [6, 6.07) is 17.6. The lowest BCUT2D eigenvalue weighted by Crippen LogP contribution is -2.49. The maximum Gasteiger partial charge on any atom is 0.417 e. The van der Waals surface area contributed by atoms with E-state index in [9.17, 15) is 18.0 Å². The molecule has 1 aromatic heterocycles. The molecule has 0 saturated carbocycles. The van der Waals surface area contributed by atoms with E-state index < -0.39 is 11.7 Å². The van der Waals surface area contributed by atoms with Gasteiger partial charge in [-0.15, -0.1) is 0 Å². The number of halogens is 3. The fourth-order valence-electron chi connectivity index (χ4n) is 3.57. The Labute approximate surface area is 184 Å². The van der Waals surface area contributed by atoms with Crippen molar-refractivity contribution in [1.29, 1.82) is 0 Å². The highest BCUT2D eigenvalue weighted by Crippen LogP contribution is 2.31. The van der Waals surface area contributed by atoms with E-state index in [0.717, 1.165) is 11.9 Å². The first kappa shape index (κ1) is 21.4. The van der Waals surface area contributed by atoms with E-state index in [1.54, 1.807) is 35.4 Å². The Bertz CT molecular complexity index is 1160. The van der Waals surface area contributed by atoms with Crippen LogP contribution < -0.4 is 4.90 Å². The predicted molar refractivity (Wildman–Crippen MR) is 116 cm³/mol. The van der Waals surface area contributed by atoms with Gasteiger partial charge in [0.2, 0.25) is 0 Å². The molecular formula is C25H20F3N3O. The molecule has 2 heterocycles. The normalized spacial score (nSPS) is 14.0. The summed E-state index contributed by atoms with van der Waals surface area (Å²) >= 11 is 0. The molecule has 0 radical (unpaired) electrons. The number of alkyl halides is 3. The highest BCUT2D eigenvalue weighted by Gasteiger charge is 2.32. The third kappa shape index (κ3) is 4.92. The second kappa shape index (κ2) is 9.15. The molecule has 0 bridgehead atoms. The van der Waals surface area contributed by atoms with Crippen LogP contribution in [0, 0.1) is 11.8 Å². The quantitative estimate of drug-likeness (QED) is 0.558. The molecule has 0 aliphatic carbocycles. The van der Waals surface area contributed by atoms with Gasteiger partial charge in [0.05, 0.1) is 5.56 Å². The summed E-state index contributed by atoms with van der Waals surface area (Å²) in [6.07, 6.45) is -2.73. The van der Waals surface area contributed by atoms with Crippen LogP contribution in [0.5, 0.6) is 0 Å². The van der Waals surface area contributed by atoms with E-state index in [-0.39, 0.29) is 11.5 Å². The number of carbonyl (C=O) groups excluding carboxylic acids is 1. The summed E-state index contributed by atoms with van der Waals surface area (Å²) in [5, 5.41) is 0. The average molecular weight is 435 g/mol. The number of hydrogen-bond donors (Lipinski definition) is 0. The van der Waals surface area contributed by atoms with E-state index >= 15 is 0 Å². The van der Waals surface area contributed by atoms with Crippen molar-refractivity contribution in [3.8, 4) is 11.8 Å². The standard InChI is InChI=1S/C25H20F3N3O/c26-25(27,28)22-9-2-1-7-20(22)12-11-19-6-5-8-21(18-19)24(32)31-16-14-30(15-17-31)23-10-3-4-13-29-23/h1-10,13,18H,14-17H2. The zero-order valence-electron chi connectivity index (χ0n) is 17.1. The van der Waals surface area contributed by atoms with Crippen molar-refractivity contribution >= 4 is 11.7 Å². The molecule has 1 amide bonds. The molecule has 4 rings (SSSR count). The molecule has 4 nitrogen and oxygen atoms in total. The third-order valence-corrected chi connectivity index (χ3v) is 5.22. The van der Waals surface area contributed by atoms with Crippen LogP contribution in [0.15, 0.2) is 72.9 Å². The highest BCUT2D eigenvalue weighted by atomic mass is 19.4. The molecule has 0 unspecified atom stereocenters. The van der Waals surface area contributed by atoms with Crippen LogP contribution in [0.4, 0.5) is 19.0 Å². The van der Waals surface area contributed by atoms with Gasteiger partial charge in [-0.25, -0.2) is 4.98 Å². The number of rotatable bonds is 2. The molecule has 1 fully saturated rings. The van der Waals surface area contributed by atoms with E-state index in [2.05, 4.69) is 21.7 Å². The number of anilines is 1. The largest absolute Gasteiger partial charge is 0.417 e. The summed E-state index contributed by atoms with van der Waals surface area (Å²) in [5.74, 6) is 6.13. The van der Waals surface area contributed by atoms with Gasteiger partial charge < -0.3 is 9.80 Å². The van der Waals surface area contributed by atoms with E-state index in [1.807, 2.05) is 18.2 Å². The van der Waals surface area contributed by atoms with E-state index in [0.29, 0.717) is 37.3 Å². The first-order valence-corrected chi connectivity index (χ1v) is 10.2. The number of pyridine rings is 1. The van der Waals surface area contributed by atoms with Crippen LogP contribution in [-0.4, -0.2) is 42.0 Å². The highest BCUT2D eigenvalue weighted by molar-refractivity contribution is 5.94. The molecule has 162 valence electrons. The number of piperazine rings is 1. The Morgan fingerprint density at radius 1 is 0.875 bits per heavy atom. The molecule has 1 aliphatic rings. The van der Waals surface area contributed by atoms with Gasteiger partial charge >= 0.3 is 6.18 Å². The van der Waals surface area contributed by atoms with Gasteiger partial charge in [0.1, 0.15) is 5.82 Å². The minimum atomic E-state index is -4.47. The minimum absolute atomic E-state index is 0.0950. The SMILES string of the molecule is O=C(c1cccc(C#Cc2ccccc2C(F)(F)F)c1)N1CCN(c2ccccn2)CC1. The van der Waals surface area contributed by atoms with Crippen LogP contribution in [-0.2, 0) is 6.18 Å². The number of benzene rings is 2. The Morgan fingerprint density at radius 2 is 1.62 bits per heavy atom. The lowest BCUT2D eigenvalue weighted by molar-refractivity contribution is -0.137. The average Bonchev–Trinajstić information content (AvgIpc) is 2.83. The van der Waals surface area contributed by atoms with Crippen molar-refractivity contribution in [3.05, 3.63) is 95.2 Å². The summed E-state index contributed by atoms with van der Waals surface area (Å²) in [5.41, 5.74) is 0.0834. The smallest absolute Gasteiger partial charge is 0.353 e. The van der Waals surface area contributed by atoms with Crippen molar-refractivity contribution < 1.29 is 18.0 Å². The van der Waals surface area contributed by atoms with Crippen LogP contribution in [0.25, 0.3) is 0 Å². The maximum atomic E-state index is 13.2. The van der Waals surface area contributed by atoms with Crippen molar-refractivity contribution in [2.75, 3.05) is 31.1 Å². The molecule has 1 saturated heterocycles. The lowest BCUT2D eigenvalue weighted by atomic mass is 10.1. The van der Waals surface area contributed by atoms with E-state index in [4.69, 9.17) is 0 Å². The fourth-order valence-corrected chi connectivity index (χ4v) is 3.57. The molecule has 0 atom stereocenters. The van der Waals surface area contributed by atoms with Crippen molar-refractivity contribution in [2.24, 2.45) is 0 Å². The van der Waals surface area contributed by atoms with E-state index in [1.165, 1.54) is 18.2 Å². The maximum absolute atomic E-state index is 13.2. The molecule has 3 aromatic rings.